The van der Waals surface area contributed by atoms with Crippen molar-refractivity contribution < 1.29 is 19.4 Å². The van der Waals surface area contributed by atoms with E-state index in [4.69, 9.17) is 9.84 Å². The first-order valence-electron chi connectivity index (χ1n) is 6.30. The highest BCUT2D eigenvalue weighted by Crippen LogP contribution is 2.13. The average molecular weight is 282 g/mol. The Kier molecular flexibility index (Phi) is 4.51. The van der Waals surface area contributed by atoms with Gasteiger partial charge in [-0.3, -0.25) is 4.79 Å². The number of benzene rings is 2. The first-order valence-corrected chi connectivity index (χ1v) is 6.30. The molecule has 0 bridgehead atoms. The predicted molar refractivity (Wildman–Crippen MR) is 79.8 cm³/mol. The third-order valence-corrected chi connectivity index (χ3v) is 2.96. The molecule has 0 saturated carbocycles. The summed E-state index contributed by atoms with van der Waals surface area (Å²) in [4.78, 5) is 22.7. The Hall–Kier alpha value is -2.88. The van der Waals surface area contributed by atoms with Gasteiger partial charge in [0.25, 0.3) is 0 Å². The number of ether oxygens (including phenoxy) is 1. The van der Waals surface area contributed by atoms with Crippen LogP contribution < -0.4 is 4.74 Å². The Morgan fingerprint density at radius 3 is 2.05 bits per heavy atom. The minimum absolute atomic E-state index is 0.158. The van der Waals surface area contributed by atoms with E-state index in [0.717, 1.165) is 11.3 Å². The first-order chi connectivity index (χ1) is 10.1. The van der Waals surface area contributed by atoms with Crippen LogP contribution in [0.4, 0.5) is 0 Å². The third kappa shape index (κ3) is 3.79. The highest BCUT2D eigenvalue weighted by Gasteiger charge is 2.05. The normalized spacial score (nSPS) is 10.5. The number of ketones is 1. The average Bonchev–Trinajstić information content (AvgIpc) is 2.53. The molecule has 0 aliphatic rings. The van der Waals surface area contributed by atoms with Crippen LogP contribution in [0.25, 0.3) is 6.08 Å². The van der Waals surface area contributed by atoms with Crippen molar-refractivity contribution in [1.29, 1.82) is 0 Å². The van der Waals surface area contributed by atoms with Crippen LogP contribution in [0.2, 0.25) is 0 Å². The maximum absolute atomic E-state index is 12.0. The Labute approximate surface area is 122 Å². The van der Waals surface area contributed by atoms with Crippen LogP contribution in [0.5, 0.6) is 5.75 Å². The van der Waals surface area contributed by atoms with Gasteiger partial charge >= 0.3 is 5.97 Å². The van der Waals surface area contributed by atoms with E-state index in [-0.39, 0.29) is 11.3 Å². The van der Waals surface area contributed by atoms with Crippen LogP contribution in [-0.2, 0) is 0 Å². The lowest BCUT2D eigenvalue weighted by Crippen LogP contribution is -1.98. The number of methoxy groups -OCH3 is 1. The molecular formula is C17H14O4. The topological polar surface area (TPSA) is 63.6 Å². The molecule has 2 aromatic carbocycles. The van der Waals surface area contributed by atoms with E-state index in [2.05, 4.69) is 0 Å². The van der Waals surface area contributed by atoms with Crippen LogP contribution >= 0.6 is 0 Å². The van der Waals surface area contributed by atoms with Gasteiger partial charge < -0.3 is 9.84 Å². The van der Waals surface area contributed by atoms with Crippen LogP contribution in [0.15, 0.2) is 54.6 Å². The molecule has 4 nitrogen and oxygen atoms in total. The summed E-state index contributed by atoms with van der Waals surface area (Å²) in [5.74, 6) is -0.437. The minimum Gasteiger partial charge on any atom is -0.497 e. The molecule has 2 rings (SSSR count). The van der Waals surface area contributed by atoms with Crippen molar-refractivity contribution in [3.8, 4) is 5.75 Å². The monoisotopic (exact) mass is 282 g/mol. The molecule has 0 radical (unpaired) electrons. The van der Waals surface area contributed by atoms with E-state index in [1.807, 2.05) is 24.3 Å². The molecule has 0 aliphatic carbocycles. The molecule has 0 unspecified atom stereocenters. The van der Waals surface area contributed by atoms with Gasteiger partial charge in [0, 0.05) is 5.56 Å². The number of carbonyl (C=O) groups is 2. The lowest BCUT2D eigenvalue weighted by molar-refractivity contribution is 0.0696. The van der Waals surface area contributed by atoms with Gasteiger partial charge in [-0.15, -0.1) is 0 Å². The summed E-state index contributed by atoms with van der Waals surface area (Å²) in [5, 5.41) is 8.80. The SMILES string of the molecule is COc1ccc(/C=C/C(=O)c2ccc(C(=O)O)cc2)cc1. The van der Waals surface area contributed by atoms with Gasteiger partial charge in [0.1, 0.15) is 5.75 Å². The number of hydrogen-bond donors (Lipinski definition) is 1. The summed E-state index contributed by atoms with van der Waals surface area (Å²) < 4.78 is 5.06. The smallest absolute Gasteiger partial charge is 0.335 e. The van der Waals surface area contributed by atoms with Gasteiger partial charge in [0.2, 0.25) is 0 Å². The standard InChI is InChI=1S/C17H14O4/c1-21-15-9-2-12(3-10-15)4-11-16(18)13-5-7-14(8-6-13)17(19)20/h2-11H,1H3,(H,19,20)/b11-4+. The van der Waals surface area contributed by atoms with Crippen molar-refractivity contribution in [3.63, 3.8) is 0 Å². The van der Waals surface area contributed by atoms with E-state index in [9.17, 15) is 9.59 Å². The van der Waals surface area contributed by atoms with Crippen molar-refractivity contribution in [3.05, 3.63) is 71.3 Å². The molecule has 2 aromatic rings. The molecule has 0 aromatic heterocycles. The summed E-state index contributed by atoms with van der Waals surface area (Å²) in [7, 11) is 1.59. The second kappa shape index (κ2) is 6.52. The molecule has 1 N–H and O–H groups in total. The third-order valence-electron chi connectivity index (χ3n) is 2.96. The number of carbonyl (C=O) groups excluding carboxylic acids is 1. The Bertz CT molecular complexity index is 667. The van der Waals surface area contributed by atoms with Crippen molar-refractivity contribution >= 4 is 17.8 Å². The molecule has 0 heterocycles. The number of carboxylic acids is 1. The van der Waals surface area contributed by atoms with Crippen LogP contribution in [-0.4, -0.2) is 24.0 Å². The fourth-order valence-corrected chi connectivity index (χ4v) is 1.76. The second-order valence-electron chi connectivity index (χ2n) is 4.35. The van der Waals surface area contributed by atoms with Gasteiger partial charge in [-0.25, -0.2) is 4.79 Å². The van der Waals surface area contributed by atoms with Crippen LogP contribution in [0.3, 0.4) is 0 Å². The fourth-order valence-electron chi connectivity index (χ4n) is 1.76. The summed E-state index contributed by atoms with van der Waals surface area (Å²) in [6.45, 7) is 0. The van der Waals surface area contributed by atoms with Crippen molar-refractivity contribution in [2.45, 2.75) is 0 Å². The molecule has 0 fully saturated rings. The molecule has 0 aliphatic heterocycles. The van der Waals surface area contributed by atoms with E-state index < -0.39 is 5.97 Å². The number of rotatable bonds is 5. The zero-order valence-corrected chi connectivity index (χ0v) is 11.4. The summed E-state index contributed by atoms with van der Waals surface area (Å²) in [5.41, 5.74) is 1.49. The molecule has 0 saturated heterocycles. The van der Waals surface area contributed by atoms with Crippen LogP contribution in [0.1, 0.15) is 26.3 Å². The Balaban J connectivity index is 2.09. The van der Waals surface area contributed by atoms with Gasteiger partial charge in [-0.05, 0) is 35.9 Å². The molecule has 106 valence electrons. The zero-order valence-electron chi connectivity index (χ0n) is 11.4. The summed E-state index contributed by atoms with van der Waals surface area (Å²) >= 11 is 0. The van der Waals surface area contributed by atoms with Crippen molar-refractivity contribution in [1.82, 2.24) is 0 Å². The van der Waals surface area contributed by atoms with E-state index in [0.29, 0.717) is 5.56 Å². The van der Waals surface area contributed by atoms with Gasteiger partial charge in [0.15, 0.2) is 5.78 Å². The van der Waals surface area contributed by atoms with Crippen LogP contribution in [0, 0.1) is 0 Å². The number of carboxylic acid groups (broad SMARTS) is 1. The molecular weight excluding hydrogens is 268 g/mol. The maximum atomic E-state index is 12.0. The van der Waals surface area contributed by atoms with Gasteiger partial charge in [-0.2, -0.15) is 0 Å². The molecule has 21 heavy (non-hydrogen) atoms. The lowest BCUT2D eigenvalue weighted by Gasteiger charge is -1.99. The van der Waals surface area contributed by atoms with Gasteiger partial charge in [0.05, 0.1) is 12.7 Å². The van der Waals surface area contributed by atoms with E-state index in [1.54, 1.807) is 13.2 Å². The van der Waals surface area contributed by atoms with Crippen molar-refractivity contribution in [2.24, 2.45) is 0 Å². The van der Waals surface area contributed by atoms with Crippen molar-refractivity contribution in [2.75, 3.05) is 7.11 Å². The maximum Gasteiger partial charge on any atom is 0.335 e. The molecule has 0 atom stereocenters. The highest BCUT2D eigenvalue weighted by atomic mass is 16.5. The van der Waals surface area contributed by atoms with Gasteiger partial charge in [-0.1, -0.05) is 30.3 Å². The fraction of sp³-hybridized carbons (Fsp3) is 0.0588. The second-order valence-corrected chi connectivity index (χ2v) is 4.35. The quantitative estimate of drug-likeness (QED) is 0.675. The molecule has 4 heteroatoms. The zero-order chi connectivity index (χ0) is 15.2. The number of allylic oxidation sites excluding steroid dienone is 1. The highest BCUT2D eigenvalue weighted by molar-refractivity contribution is 6.07. The number of aromatic carboxylic acids is 1. The number of hydrogen-bond acceptors (Lipinski definition) is 3. The lowest BCUT2D eigenvalue weighted by atomic mass is 10.1. The summed E-state index contributed by atoms with van der Waals surface area (Å²) in [6.07, 6.45) is 3.16. The first kappa shape index (κ1) is 14.5. The Morgan fingerprint density at radius 2 is 1.52 bits per heavy atom. The minimum atomic E-state index is -1.01. The summed E-state index contributed by atoms with van der Waals surface area (Å²) in [6, 6.07) is 13.1. The Morgan fingerprint density at radius 1 is 0.952 bits per heavy atom. The molecule has 0 spiro atoms. The molecule has 0 amide bonds. The predicted octanol–water partition coefficient (Wildman–Crippen LogP) is 3.29. The van der Waals surface area contributed by atoms with E-state index >= 15 is 0 Å². The van der Waals surface area contributed by atoms with E-state index in [1.165, 1.54) is 30.3 Å². The largest absolute Gasteiger partial charge is 0.497 e.